The summed E-state index contributed by atoms with van der Waals surface area (Å²) in [5.74, 6) is 0. The summed E-state index contributed by atoms with van der Waals surface area (Å²) in [5, 5.41) is 0. The quantitative estimate of drug-likeness (QED) is 0.704. The van der Waals surface area contributed by atoms with Gasteiger partial charge in [-0.1, -0.05) is 26.2 Å². The molecule has 0 spiro atoms. The molecule has 0 aromatic heterocycles. The van der Waals surface area contributed by atoms with Crippen molar-refractivity contribution < 1.29 is 12.6 Å². The van der Waals surface area contributed by atoms with E-state index in [4.69, 9.17) is 0 Å². The van der Waals surface area contributed by atoms with E-state index in [1.165, 1.54) is 6.42 Å². The van der Waals surface area contributed by atoms with Crippen molar-refractivity contribution in [2.45, 2.75) is 45.1 Å². The topological polar surface area (TPSA) is 55.4 Å². The maximum atomic E-state index is 11.0. The zero-order valence-electron chi connectivity index (χ0n) is 7.95. The van der Waals surface area contributed by atoms with Crippen LogP contribution in [-0.2, 0) is 14.5 Å². The van der Waals surface area contributed by atoms with Gasteiger partial charge in [-0.05, 0) is 12.8 Å². The third-order valence-corrected chi connectivity index (χ3v) is 3.27. The predicted molar refractivity (Wildman–Crippen MR) is 50.6 cm³/mol. The lowest BCUT2D eigenvalue weighted by Gasteiger charge is -2.22. The average Bonchev–Trinajstić information content (AvgIpc) is 2.03. The monoisotopic (exact) mass is 207 g/mol. The molecule has 0 aromatic rings. The predicted octanol–water partition coefficient (Wildman–Crippen LogP) is 1.19. The van der Waals surface area contributed by atoms with Crippen LogP contribution < -0.4 is 4.72 Å². The molecule has 1 rings (SSSR count). The Bertz CT molecular complexity index is 238. The highest BCUT2D eigenvalue weighted by Crippen LogP contribution is 2.12. The molecule has 5 heteroatoms. The van der Waals surface area contributed by atoms with E-state index >= 15 is 0 Å². The first-order chi connectivity index (χ1) is 6.14. The molecule has 78 valence electrons. The fraction of sp³-hybridized carbons (Fsp3) is 1.00. The first-order valence-electron chi connectivity index (χ1n) is 4.81. The third kappa shape index (κ3) is 4.06. The van der Waals surface area contributed by atoms with Crippen LogP contribution in [0.5, 0.6) is 0 Å². The molecule has 0 radical (unpaired) electrons. The molecule has 0 bridgehead atoms. The van der Waals surface area contributed by atoms with E-state index in [-0.39, 0.29) is 6.04 Å². The van der Waals surface area contributed by atoms with Gasteiger partial charge in [-0.2, -0.15) is 13.1 Å². The van der Waals surface area contributed by atoms with Crippen LogP contribution in [0.4, 0.5) is 0 Å². The van der Waals surface area contributed by atoms with E-state index < -0.39 is 10.3 Å². The standard InChI is InChI=1S/C8H17NO3S/c1-2-3-4-5-8-6-7-12-13(10,11)9-8/h8-9H,2-7H2,1H3. The molecule has 0 aliphatic carbocycles. The molecule has 1 heterocycles. The Morgan fingerprint density at radius 3 is 2.85 bits per heavy atom. The fourth-order valence-electron chi connectivity index (χ4n) is 1.44. The summed E-state index contributed by atoms with van der Waals surface area (Å²) < 4.78 is 29.0. The van der Waals surface area contributed by atoms with Crippen molar-refractivity contribution in [1.82, 2.24) is 4.72 Å². The molecule has 1 unspecified atom stereocenters. The Morgan fingerprint density at radius 1 is 1.46 bits per heavy atom. The molecular weight excluding hydrogens is 190 g/mol. The van der Waals surface area contributed by atoms with Crippen LogP contribution in [0, 0.1) is 0 Å². The molecule has 1 fully saturated rings. The molecule has 4 nitrogen and oxygen atoms in total. The molecule has 0 aromatic carbocycles. The SMILES string of the molecule is CCCCCC1CCOS(=O)(=O)N1. The highest BCUT2D eigenvalue weighted by molar-refractivity contribution is 7.84. The Labute approximate surface area is 79.9 Å². The molecule has 13 heavy (non-hydrogen) atoms. The lowest BCUT2D eigenvalue weighted by molar-refractivity contribution is 0.250. The first-order valence-corrected chi connectivity index (χ1v) is 6.21. The van der Waals surface area contributed by atoms with Gasteiger partial charge in [-0.3, -0.25) is 4.18 Å². The summed E-state index contributed by atoms with van der Waals surface area (Å²) in [6.45, 7) is 2.46. The van der Waals surface area contributed by atoms with E-state index in [0.29, 0.717) is 6.61 Å². The number of hydrogen-bond acceptors (Lipinski definition) is 3. The van der Waals surface area contributed by atoms with Gasteiger partial charge < -0.3 is 0 Å². The maximum Gasteiger partial charge on any atom is 0.336 e. The molecule has 1 saturated heterocycles. The maximum absolute atomic E-state index is 11.0. The van der Waals surface area contributed by atoms with Crippen LogP contribution in [0.15, 0.2) is 0 Å². The second kappa shape index (κ2) is 4.93. The second-order valence-corrected chi connectivity index (χ2v) is 4.75. The van der Waals surface area contributed by atoms with Crippen LogP contribution in [0.3, 0.4) is 0 Å². The van der Waals surface area contributed by atoms with Crippen molar-refractivity contribution in [3.63, 3.8) is 0 Å². The van der Waals surface area contributed by atoms with E-state index in [1.54, 1.807) is 0 Å². The van der Waals surface area contributed by atoms with Crippen LogP contribution in [0.2, 0.25) is 0 Å². The minimum atomic E-state index is -3.42. The normalized spacial score (nSPS) is 27.3. The van der Waals surface area contributed by atoms with E-state index in [2.05, 4.69) is 15.8 Å². The van der Waals surface area contributed by atoms with Gasteiger partial charge in [0.15, 0.2) is 0 Å². The van der Waals surface area contributed by atoms with Crippen LogP contribution in [0.25, 0.3) is 0 Å². The van der Waals surface area contributed by atoms with Crippen molar-refractivity contribution in [2.75, 3.05) is 6.61 Å². The average molecular weight is 207 g/mol. The van der Waals surface area contributed by atoms with E-state index in [9.17, 15) is 8.42 Å². The molecule has 0 saturated carbocycles. The van der Waals surface area contributed by atoms with Crippen LogP contribution >= 0.6 is 0 Å². The number of nitrogens with one attached hydrogen (secondary N) is 1. The zero-order valence-corrected chi connectivity index (χ0v) is 8.77. The summed E-state index contributed by atoms with van der Waals surface area (Å²) in [6.07, 6.45) is 5.14. The van der Waals surface area contributed by atoms with Gasteiger partial charge in [0.25, 0.3) is 0 Å². The smallest absolute Gasteiger partial charge is 0.258 e. The van der Waals surface area contributed by atoms with Gasteiger partial charge in [0.2, 0.25) is 0 Å². The van der Waals surface area contributed by atoms with Gasteiger partial charge >= 0.3 is 10.3 Å². The highest BCUT2D eigenvalue weighted by Gasteiger charge is 2.23. The van der Waals surface area contributed by atoms with Gasteiger partial charge in [-0.25, -0.2) is 0 Å². The molecule has 0 amide bonds. The van der Waals surface area contributed by atoms with Crippen molar-refractivity contribution >= 4 is 10.3 Å². The highest BCUT2D eigenvalue weighted by atomic mass is 32.2. The second-order valence-electron chi connectivity index (χ2n) is 3.38. The van der Waals surface area contributed by atoms with Gasteiger partial charge in [0.1, 0.15) is 0 Å². The summed E-state index contributed by atoms with van der Waals surface area (Å²) in [4.78, 5) is 0. The lowest BCUT2D eigenvalue weighted by atomic mass is 10.1. The number of rotatable bonds is 4. The minimum Gasteiger partial charge on any atom is -0.258 e. The summed E-state index contributed by atoms with van der Waals surface area (Å²) in [6, 6.07) is 0.0882. The van der Waals surface area contributed by atoms with Gasteiger partial charge in [-0.15, -0.1) is 0 Å². The molecule has 1 aliphatic rings. The van der Waals surface area contributed by atoms with E-state index in [0.717, 1.165) is 25.7 Å². The Hall–Kier alpha value is -0.130. The summed E-state index contributed by atoms with van der Waals surface area (Å²) in [7, 11) is -3.42. The Morgan fingerprint density at radius 2 is 2.23 bits per heavy atom. The number of unbranched alkanes of at least 4 members (excludes halogenated alkanes) is 2. The van der Waals surface area contributed by atoms with Crippen LogP contribution in [-0.4, -0.2) is 21.1 Å². The lowest BCUT2D eigenvalue weighted by Crippen LogP contribution is -2.41. The molecular formula is C8H17NO3S. The van der Waals surface area contributed by atoms with Crippen molar-refractivity contribution in [1.29, 1.82) is 0 Å². The fourth-order valence-corrected chi connectivity index (χ4v) is 2.47. The third-order valence-electron chi connectivity index (χ3n) is 2.17. The molecule has 1 atom stereocenters. The molecule has 1 N–H and O–H groups in total. The summed E-state index contributed by atoms with van der Waals surface area (Å²) >= 11 is 0. The van der Waals surface area contributed by atoms with Gasteiger partial charge in [0, 0.05) is 6.04 Å². The Kier molecular flexibility index (Phi) is 4.15. The molecule has 1 aliphatic heterocycles. The van der Waals surface area contributed by atoms with Crippen LogP contribution in [0.1, 0.15) is 39.0 Å². The van der Waals surface area contributed by atoms with Crippen molar-refractivity contribution in [3.8, 4) is 0 Å². The van der Waals surface area contributed by atoms with Gasteiger partial charge in [0.05, 0.1) is 6.61 Å². The van der Waals surface area contributed by atoms with Crippen molar-refractivity contribution in [3.05, 3.63) is 0 Å². The van der Waals surface area contributed by atoms with E-state index in [1.807, 2.05) is 0 Å². The van der Waals surface area contributed by atoms with Crippen molar-refractivity contribution in [2.24, 2.45) is 0 Å². The first kappa shape index (κ1) is 10.9. The largest absolute Gasteiger partial charge is 0.336 e. The Balaban J connectivity index is 2.27. The number of hydrogen-bond donors (Lipinski definition) is 1. The zero-order chi connectivity index (χ0) is 9.73. The minimum absolute atomic E-state index is 0.0882. The summed E-state index contributed by atoms with van der Waals surface area (Å²) in [5.41, 5.74) is 0.